The van der Waals surface area contributed by atoms with Crippen molar-refractivity contribution in [1.29, 1.82) is 0 Å². The third-order valence-electron chi connectivity index (χ3n) is 6.71. The SMILES string of the molecule is CCc1ccc(C2/C(=C(\O)c3cc(C)ccc3C)C(=O)C(=O)N2c2nnc(SCc3ccccc3F)s2)cc1. The van der Waals surface area contributed by atoms with E-state index in [-0.39, 0.29) is 22.3 Å². The molecule has 0 aliphatic carbocycles. The van der Waals surface area contributed by atoms with Crippen molar-refractivity contribution in [3.05, 3.63) is 112 Å². The number of ketones is 1. The summed E-state index contributed by atoms with van der Waals surface area (Å²) in [5.74, 6) is -1.75. The monoisotopic (exact) mass is 559 g/mol. The zero-order valence-corrected chi connectivity index (χ0v) is 23.3. The standard InChI is InChI=1S/C30H26FN3O3S2/c1-4-19-11-13-20(14-12-19)25-24(26(35)22-15-17(2)9-10-18(22)3)27(36)28(37)34(25)29-32-33-30(39-29)38-16-21-7-5-6-8-23(21)31/h5-15,25,35H,4,16H2,1-3H3/b26-24+. The molecule has 2 heterocycles. The van der Waals surface area contributed by atoms with Gasteiger partial charge in [0.1, 0.15) is 11.6 Å². The maximum absolute atomic E-state index is 14.1. The van der Waals surface area contributed by atoms with Crippen LogP contribution < -0.4 is 4.90 Å². The number of hydrogen-bond donors (Lipinski definition) is 1. The Labute approximate surface area is 234 Å². The molecule has 0 bridgehead atoms. The van der Waals surface area contributed by atoms with Gasteiger partial charge in [0, 0.05) is 11.3 Å². The number of rotatable bonds is 7. The molecular formula is C30H26FN3O3S2. The van der Waals surface area contributed by atoms with Crippen LogP contribution in [0.2, 0.25) is 0 Å². The van der Waals surface area contributed by atoms with Crippen molar-refractivity contribution in [2.45, 2.75) is 43.3 Å². The summed E-state index contributed by atoms with van der Waals surface area (Å²) in [6, 6.07) is 18.9. The number of carbonyl (C=O) groups is 2. The van der Waals surface area contributed by atoms with E-state index < -0.39 is 17.7 Å². The van der Waals surface area contributed by atoms with Crippen molar-refractivity contribution >= 4 is 45.7 Å². The Balaban J connectivity index is 1.57. The first-order chi connectivity index (χ1) is 18.8. The molecule has 1 atom stereocenters. The van der Waals surface area contributed by atoms with Crippen LogP contribution in [0.4, 0.5) is 9.52 Å². The van der Waals surface area contributed by atoms with Gasteiger partial charge in [-0.2, -0.15) is 0 Å². The highest BCUT2D eigenvalue weighted by Gasteiger charge is 2.48. The molecular weight excluding hydrogens is 533 g/mol. The summed E-state index contributed by atoms with van der Waals surface area (Å²) in [4.78, 5) is 28.2. The third-order valence-corrected chi connectivity index (χ3v) is 8.81. The largest absolute Gasteiger partial charge is 0.507 e. The molecule has 1 amide bonds. The maximum Gasteiger partial charge on any atom is 0.301 e. The van der Waals surface area contributed by atoms with Crippen LogP contribution in [0.1, 0.15) is 46.3 Å². The first-order valence-electron chi connectivity index (χ1n) is 12.5. The van der Waals surface area contributed by atoms with E-state index in [1.807, 2.05) is 57.2 Å². The number of aliphatic hydroxyl groups excluding tert-OH is 1. The minimum atomic E-state index is -0.881. The third kappa shape index (κ3) is 5.24. The fourth-order valence-electron chi connectivity index (χ4n) is 4.53. The summed E-state index contributed by atoms with van der Waals surface area (Å²) in [6.45, 7) is 5.79. The predicted octanol–water partition coefficient (Wildman–Crippen LogP) is 6.78. The van der Waals surface area contributed by atoms with Crippen LogP contribution in [0.3, 0.4) is 0 Å². The van der Waals surface area contributed by atoms with Gasteiger partial charge >= 0.3 is 5.91 Å². The second kappa shape index (κ2) is 11.1. The minimum Gasteiger partial charge on any atom is -0.507 e. The number of benzene rings is 3. The van der Waals surface area contributed by atoms with E-state index >= 15 is 0 Å². The predicted molar refractivity (Wildman–Crippen MR) is 152 cm³/mol. The summed E-state index contributed by atoms with van der Waals surface area (Å²) in [6.07, 6.45) is 0.835. The number of anilines is 1. The quantitative estimate of drug-likeness (QED) is 0.0884. The lowest BCUT2D eigenvalue weighted by atomic mass is 9.93. The first-order valence-corrected chi connectivity index (χ1v) is 14.3. The molecule has 1 unspecified atom stereocenters. The smallest absolute Gasteiger partial charge is 0.301 e. The van der Waals surface area contributed by atoms with Crippen LogP contribution in [0, 0.1) is 19.7 Å². The fourth-order valence-corrected chi connectivity index (χ4v) is 6.38. The lowest BCUT2D eigenvalue weighted by molar-refractivity contribution is -0.132. The normalized spacial score (nSPS) is 16.7. The van der Waals surface area contributed by atoms with Crippen molar-refractivity contribution in [2.75, 3.05) is 4.90 Å². The summed E-state index contributed by atoms with van der Waals surface area (Å²) in [5, 5.41) is 20.1. The molecule has 1 aliphatic rings. The zero-order chi connectivity index (χ0) is 27.7. The molecule has 9 heteroatoms. The van der Waals surface area contributed by atoms with Crippen LogP contribution >= 0.6 is 23.1 Å². The number of aromatic nitrogens is 2. The van der Waals surface area contributed by atoms with E-state index in [2.05, 4.69) is 10.2 Å². The van der Waals surface area contributed by atoms with Gasteiger partial charge in [0.15, 0.2) is 4.34 Å². The van der Waals surface area contributed by atoms with Gasteiger partial charge in [-0.25, -0.2) is 4.39 Å². The van der Waals surface area contributed by atoms with E-state index in [0.717, 1.165) is 34.4 Å². The lowest BCUT2D eigenvalue weighted by Crippen LogP contribution is -2.29. The molecule has 1 saturated heterocycles. The van der Waals surface area contributed by atoms with Crippen molar-refractivity contribution in [2.24, 2.45) is 0 Å². The number of amides is 1. The summed E-state index contributed by atoms with van der Waals surface area (Å²) >= 11 is 2.45. The number of nitrogens with zero attached hydrogens (tertiary/aromatic N) is 3. The van der Waals surface area contributed by atoms with Crippen LogP contribution in [0.5, 0.6) is 0 Å². The molecule has 4 aromatic rings. The molecule has 0 radical (unpaired) electrons. The van der Waals surface area contributed by atoms with Gasteiger partial charge in [0.25, 0.3) is 5.78 Å². The molecule has 198 valence electrons. The second-order valence-corrected chi connectivity index (χ2v) is 11.5. The molecule has 3 aromatic carbocycles. The fraction of sp³-hybridized carbons (Fsp3) is 0.200. The van der Waals surface area contributed by atoms with Gasteiger partial charge in [-0.05, 0) is 54.7 Å². The summed E-state index contributed by atoms with van der Waals surface area (Å²) in [5.41, 5.74) is 4.52. The van der Waals surface area contributed by atoms with Crippen LogP contribution in [0.15, 0.2) is 76.6 Å². The van der Waals surface area contributed by atoms with Crippen molar-refractivity contribution in [1.82, 2.24) is 10.2 Å². The topological polar surface area (TPSA) is 83.4 Å². The molecule has 1 fully saturated rings. The van der Waals surface area contributed by atoms with Gasteiger partial charge < -0.3 is 5.11 Å². The van der Waals surface area contributed by atoms with Gasteiger partial charge in [-0.1, -0.05) is 90.2 Å². The molecule has 1 aromatic heterocycles. The Morgan fingerprint density at radius 2 is 1.79 bits per heavy atom. The van der Waals surface area contributed by atoms with Crippen molar-refractivity contribution in [3.63, 3.8) is 0 Å². The van der Waals surface area contributed by atoms with Crippen LogP contribution in [-0.4, -0.2) is 27.0 Å². The lowest BCUT2D eigenvalue weighted by Gasteiger charge is -2.23. The Bertz CT molecular complexity index is 1600. The average Bonchev–Trinajstić information content (AvgIpc) is 3.51. The van der Waals surface area contributed by atoms with E-state index in [4.69, 9.17) is 0 Å². The zero-order valence-electron chi connectivity index (χ0n) is 21.6. The summed E-state index contributed by atoms with van der Waals surface area (Å²) < 4.78 is 14.6. The van der Waals surface area contributed by atoms with Gasteiger partial charge in [-0.3, -0.25) is 14.5 Å². The van der Waals surface area contributed by atoms with Crippen LogP contribution in [0.25, 0.3) is 5.76 Å². The molecule has 39 heavy (non-hydrogen) atoms. The number of Topliss-reactive ketones (excluding diaryl/α,β-unsaturated/α-hetero) is 1. The van der Waals surface area contributed by atoms with Gasteiger partial charge in [0.2, 0.25) is 5.13 Å². The number of halogens is 1. The van der Waals surface area contributed by atoms with Crippen LogP contribution in [-0.2, 0) is 21.8 Å². The molecule has 6 nitrogen and oxygen atoms in total. The number of aryl methyl sites for hydroxylation is 3. The second-order valence-electron chi connectivity index (χ2n) is 9.31. The Hall–Kier alpha value is -3.82. The average molecular weight is 560 g/mol. The number of hydrogen-bond acceptors (Lipinski definition) is 7. The molecule has 1 N–H and O–H groups in total. The van der Waals surface area contributed by atoms with Gasteiger partial charge in [0.05, 0.1) is 11.6 Å². The molecule has 0 saturated carbocycles. The highest BCUT2D eigenvalue weighted by Crippen LogP contribution is 2.44. The number of aliphatic hydroxyl groups is 1. The highest BCUT2D eigenvalue weighted by atomic mass is 32.2. The van der Waals surface area contributed by atoms with Crippen molar-refractivity contribution in [3.8, 4) is 0 Å². The van der Waals surface area contributed by atoms with E-state index in [1.54, 1.807) is 24.3 Å². The van der Waals surface area contributed by atoms with E-state index in [9.17, 15) is 19.1 Å². The van der Waals surface area contributed by atoms with Gasteiger partial charge in [-0.15, -0.1) is 10.2 Å². The molecule has 1 aliphatic heterocycles. The Morgan fingerprint density at radius 1 is 1.05 bits per heavy atom. The first kappa shape index (κ1) is 26.8. The van der Waals surface area contributed by atoms with E-state index in [1.165, 1.54) is 22.7 Å². The Morgan fingerprint density at radius 3 is 2.51 bits per heavy atom. The molecule has 5 rings (SSSR count). The van der Waals surface area contributed by atoms with Crippen molar-refractivity contribution < 1.29 is 19.1 Å². The Kier molecular flexibility index (Phi) is 7.63. The highest BCUT2D eigenvalue weighted by molar-refractivity contribution is 8.00. The molecule has 0 spiro atoms. The maximum atomic E-state index is 14.1. The summed E-state index contributed by atoms with van der Waals surface area (Å²) in [7, 11) is 0. The minimum absolute atomic E-state index is 0.00806. The number of carbonyl (C=O) groups excluding carboxylic acids is 2. The van der Waals surface area contributed by atoms with E-state index in [0.29, 0.717) is 26.8 Å². The number of thioether (sulfide) groups is 1.